The molecule has 1 aliphatic heterocycles. The van der Waals surface area contributed by atoms with Crippen molar-refractivity contribution in [2.45, 2.75) is 13.0 Å². The number of anilines is 2. The quantitative estimate of drug-likeness (QED) is 0.854. The van der Waals surface area contributed by atoms with Crippen molar-refractivity contribution in [2.24, 2.45) is 0 Å². The predicted octanol–water partition coefficient (Wildman–Crippen LogP) is 2.65. The van der Waals surface area contributed by atoms with Crippen molar-refractivity contribution >= 4 is 29.3 Å². The molecule has 22 heavy (non-hydrogen) atoms. The maximum absolute atomic E-state index is 11.8. The van der Waals surface area contributed by atoms with E-state index in [-0.39, 0.29) is 11.8 Å². The average molecular weight is 298 g/mol. The molecule has 2 amide bonds. The maximum Gasteiger partial charge on any atom is 0.265 e. The van der Waals surface area contributed by atoms with Crippen LogP contribution in [0.15, 0.2) is 47.1 Å². The SMILES string of the molecule is C[C@@H]1Oc2ccc(NC(=O)/C=C/c3ccco3)cc2NC1=O. The van der Waals surface area contributed by atoms with Crippen LogP contribution >= 0.6 is 0 Å². The molecule has 0 radical (unpaired) electrons. The van der Waals surface area contributed by atoms with Crippen molar-refractivity contribution < 1.29 is 18.7 Å². The van der Waals surface area contributed by atoms with Gasteiger partial charge in [-0.05, 0) is 43.3 Å². The number of furan rings is 1. The number of amides is 2. The van der Waals surface area contributed by atoms with Crippen molar-refractivity contribution in [3.05, 3.63) is 48.4 Å². The number of nitrogens with one attached hydrogen (secondary N) is 2. The molecule has 0 bridgehead atoms. The molecular weight excluding hydrogens is 284 g/mol. The first-order valence-corrected chi connectivity index (χ1v) is 6.76. The molecule has 0 aliphatic carbocycles. The Balaban J connectivity index is 1.70. The van der Waals surface area contributed by atoms with E-state index in [0.717, 1.165) is 0 Å². The van der Waals surface area contributed by atoms with Crippen LogP contribution in [0.5, 0.6) is 5.75 Å². The molecule has 2 N–H and O–H groups in total. The van der Waals surface area contributed by atoms with Gasteiger partial charge < -0.3 is 19.8 Å². The summed E-state index contributed by atoms with van der Waals surface area (Å²) in [5, 5.41) is 5.44. The number of rotatable bonds is 3. The molecule has 1 atom stereocenters. The van der Waals surface area contributed by atoms with E-state index in [1.165, 1.54) is 12.3 Å². The Morgan fingerprint density at radius 1 is 1.36 bits per heavy atom. The van der Waals surface area contributed by atoms with Crippen LogP contribution in [0.2, 0.25) is 0 Å². The zero-order valence-electron chi connectivity index (χ0n) is 11.8. The highest BCUT2D eigenvalue weighted by molar-refractivity contribution is 6.03. The fraction of sp³-hybridized carbons (Fsp3) is 0.125. The van der Waals surface area contributed by atoms with Crippen molar-refractivity contribution in [1.29, 1.82) is 0 Å². The zero-order chi connectivity index (χ0) is 15.5. The van der Waals surface area contributed by atoms with E-state index in [4.69, 9.17) is 9.15 Å². The summed E-state index contributed by atoms with van der Waals surface area (Å²) < 4.78 is 10.5. The van der Waals surface area contributed by atoms with Crippen LogP contribution in [-0.4, -0.2) is 17.9 Å². The first kappa shape index (κ1) is 13.9. The van der Waals surface area contributed by atoms with Gasteiger partial charge in [0, 0.05) is 11.8 Å². The van der Waals surface area contributed by atoms with Gasteiger partial charge in [0.15, 0.2) is 6.10 Å². The minimum atomic E-state index is -0.524. The summed E-state index contributed by atoms with van der Waals surface area (Å²) >= 11 is 0. The number of fused-ring (bicyclic) bond motifs is 1. The second kappa shape index (κ2) is 5.77. The smallest absolute Gasteiger partial charge is 0.265 e. The average Bonchev–Trinajstić information content (AvgIpc) is 3.00. The molecule has 1 aliphatic rings. The lowest BCUT2D eigenvalue weighted by molar-refractivity contribution is -0.122. The fourth-order valence-corrected chi connectivity index (χ4v) is 2.01. The molecule has 0 saturated heterocycles. The summed E-state index contributed by atoms with van der Waals surface area (Å²) in [5.41, 5.74) is 1.10. The Morgan fingerprint density at radius 3 is 3.00 bits per heavy atom. The first-order chi connectivity index (χ1) is 10.6. The van der Waals surface area contributed by atoms with Gasteiger partial charge in [-0.1, -0.05) is 0 Å². The third-order valence-corrected chi connectivity index (χ3v) is 3.12. The van der Waals surface area contributed by atoms with Gasteiger partial charge >= 0.3 is 0 Å². The van der Waals surface area contributed by atoms with E-state index in [0.29, 0.717) is 22.9 Å². The van der Waals surface area contributed by atoms with Crippen LogP contribution in [0.4, 0.5) is 11.4 Å². The number of benzene rings is 1. The Morgan fingerprint density at radius 2 is 2.23 bits per heavy atom. The molecule has 3 rings (SSSR count). The lowest BCUT2D eigenvalue weighted by atomic mass is 10.2. The molecule has 6 nitrogen and oxygen atoms in total. The van der Waals surface area contributed by atoms with Crippen molar-refractivity contribution in [2.75, 3.05) is 10.6 Å². The first-order valence-electron chi connectivity index (χ1n) is 6.76. The van der Waals surface area contributed by atoms with Gasteiger partial charge in [0.25, 0.3) is 5.91 Å². The van der Waals surface area contributed by atoms with Crippen LogP contribution in [0.25, 0.3) is 6.08 Å². The van der Waals surface area contributed by atoms with E-state index >= 15 is 0 Å². The van der Waals surface area contributed by atoms with Gasteiger partial charge in [0.1, 0.15) is 11.5 Å². The number of ether oxygens (including phenoxy) is 1. The highest BCUT2D eigenvalue weighted by atomic mass is 16.5. The largest absolute Gasteiger partial charge is 0.479 e. The van der Waals surface area contributed by atoms with Gasteiger partial charge in [-0.25, -0.2) is 0 Å². The van der Waals surface area contributed by atoms with Gasteiger partial charge in [-0.15, -0.1) is 0 Å². The Bertz CT molecular complexity index is 735. The lowest BCUT2D eigenvalue weighted by Gasteiger charge is -2.23. The second-order valence-corrected chi connectivity index (χ2v) is 4.80. The summed E-state index contributed by atoms with van der Waals surface area (Å²) in [6.45, 7) is 1.67. The van der Waals surface area contributed by atoms with Crippen LogP contribution in [0.3, 0.4) is 0 Å². The topological polar surface area (TPSA) is 80.6 Å². The molecule has 1 aromatic carbocycles. The third kappa shape index (κ3) is 3.01. The van der Waals surface area contributed by atoms with Crippen molar-refractivity contribution in [3.8, 4) is 5.75 Å². The van der Waals surface area contributed by atoms with E-state index in [1.54, 1.807) is 43.3 Å². The normalized spacial score (nSPS) is 16.8. The summed E-state index contributed by atoms with van der Waals surface area (Å²) in [5.74, 6) is 0.660. The fourth-order valence-electron chi connectivity index (χ4n) is 2.01. The van der Waals surface area contributed by atoms with Gasteiger partial charge in [0.2, 0.25) is 5.91 Å². The molecule has 6 heteroatoms. The van der Waals surface area contributed by atoms with Crippen molar-refractivity contribution in [3.63, 3.8) is 0 Å². The van der Waals surface area contributed by atoms with Gasteiger partial charge in [-0.3, -0.25) is 9.59 Å². The molecule has 0 spiro atoms. The maximum atomic E-state index is 11.8. The van der Waals surface area contributed by atoms with Gasteiger partial charge in [0.05, 0.1) is 12.0 Å². The molecule has 2 aromatic rings. The van der Waals surface area contributed by atoms with Crippen LogP contribution in [0.1, 0.15) is 12.7 Å². The Labute approximate surface area is 126 Å². The molecule has 112 valence electrons. The predicted molar refractivity (Wildman–Crippen MR) is 81.5 cm³/mol. The van der Waals surface area contributed by atoms with E-state index in [2.05, 4.69) is 10.6 Å². The Kier molecular flexibility index (Phi) is 3.65. The number of hydrogen-bond acceptors (Lipinski definition) is 4. The molecule has 1 aromatic heterocycles. The monoisotopic (exact) mass is 298 g/mol. The minimum Gasteiger partial charge on any atom is -0.479 e. The second-order valence-electron chi connectivity index (χ2n) is 4.80. The highest BCUT2D eigenvalue weighted by Crippen LogP contribution is 2.32. The van der Waals surface area contributed by atoms with Crippen molar-refractivity contribution in [1.82, 2.24) is 0 Å². The van der Waals surface area contributed by atoms with E-state index in [9.17, 15) is 9.59 Å². The van der Waals surface area contributed by atoms with E-state index in [1.807, 2.05) is 0 Å². The zero-order valence-corrected chi connectivity index (χ0v) is 11.8. The summed E-state index contributed by atoms with van der Waals surface area (Å²) in [7, 11) is 0. The minimum absolute atomic E-state index is 0.214. The lowest BCUT2D eigenvalue weighted by Crippen LogP contribution is -2.34. The molecule has 0 saturated carbocycles. The van der Waals surface area contributed by atoms with E-state index < -0.39 is 6.10 Å². The number of carbonyl (C=O) groups excluding carboxylic acids is 2. The summed E-state index contributed by atoms with van der Waals surface area (Å²) in [6.07, 6.45) is 3.95. The standard InChI is InChI=1S/C16H14N2O4/c1-10-16(20)18-13-9-11(4-6-14(13)22-10)17-15(19)7-5-12-3-2-8-21-12/h2-10H,1H3,(H,17,19)(H,18,20)/b7-5+/t10-/m0/s1. The number of carbonyl (C=O) groups is 2. The molecule has 0 fully saturated rings. The Hall–Kier alpha value is -3.02. The third-order valence-electron chi connectivity index (χ3n) is 3.12. The van der Waals surface area contributed by atoms with Crippen LogP contribution in [0, 0.1) is 0 Å². The molecule has 2 heterocycles. The van der Waals surface area contributed by atoms with Crippen LogP contribution < -0.4 is 15.4 Å². The molecular formula is C16H14N2O4. The molecule has 0 unspecified atom stereocenters. The summed E-state index contributed by atoms with van der Waals surface area (Å²) in [6, 6.07) is 8.55. The van der Waals surface area contributed by atoms with Gasteiger partial charge in [-0.2, -0.15) is 0 Å². The number of hydrogen-bond donors (Lipinski definition) is 2. The summed E-state index contributed by atoms with van der Waals surface area (Å²) in [4.78, 5) is 23.4. The highest BCUT2D eigenvalue weighted by Gasteiger charge is 2.23. The van der Waals surface area contributed by atoms with Crippen LogP contribution in [-0.2, 0) is 9.59 Å².